The van der Waals surface area contributed by atoms with Crippen molar-refractivity contribution in [3.05, 3.63) is 0 Å². The Morgan fingerprint density at radius 2 is 1.56 bits per heavy atom. The summed E-state index contributed by atoms with van der Waals surface area (Å²) >= 11 is 0. The predicted octanol–water partition coefficient (Wildman–Crippen LogP) is -0.656. The van der Waals surface area contributed by atoms with Crippen molar-refractivity contribution in [3.8, 4) is 0 Å². The Kier molecular flexibility index (Phi) is 7.75. The van der Waals surface area contributed by atoms with E-state index < -0.39 is 27.7 Å². The van der Waals surface area contributed by atoms with Crippen LogP contribution in [0.1, 0.15) is 32.6 Å². The summed E-state index contributed by atoms with van der Waals surface area (Å²) in [6.45, 7) is 1.67. The molecule has 0 aliphatic rings. The number of rotatable bonds is 6. The van der Waals surface area contributed by atoms with E-state index in [0.29, 0.717) is 6.42 Å². The first-order valence-electron chi connectivity index (χ1n) is 4.27. The van der Waals surface area contributed by atoms with E-state index in [1.54, 1.807) is 6.92 Å². The van der Waals surface area contributed by atoms with Gasteiger partial charge in [-0.1, -0.05) is 19.8 Å². The zero-order valence-corrected chi connectivity index (χ0v) is 11.8. The van der Waals surface area contributed by atoms with E-state index in [2.05, 4.69) is 0 Å². The van der Waals surface area contributed by atoms with E-state index in [-0.39, 0.29) is 42.4 Å². The van der Waals surface area contributed by atoms with Crippen molar-refractivity contribution in [1.29, 1.82) is 0 Å². The van der Waals surface area contributed by atoms with Crippen LogP contribution in [-0.4, -0.2) is 24.1 Å². The van der Waals surface area contributed by atoms with Gasteiger partial charge in [-0.05, 0) is 6.42 Å². The SMILES string of the molecule is CCCCCC(F)(F)C(F)(F)S(=O)(=O)[O-].[Na+]. The van der Waals surface area contributed by atoms with Crippen molar-refractivity contribution in [1.82, 2.24) is 0 Å². The molecule has 0 radical (unpaired) electrons. The number of halogens is 4. The van der Waals surface area contributed by atoms with E-state index in [9.17, 15) is 30.5 Å². The Bertz CT molecular complexity index is 305. The van der Waals surface area contributed by atoms with Crippen LogP contribution in [0.3, 0.4) is 0 Å². The van der Waals surface area contributed by atoms with Crippen LogP contribution in [0.15, 0.2) is 0 Å². The van der Waals surface area contributed by atoms with Gasteiger partial charge in [-0.25, -0.2) is 8.42 Å². The van der Waals surface area contributed by atoms with Crippen molar-refractivity contribution < 1.29 is 60.1 Å². The molecule has 0 aliphatic heterocycles. The van der Waals surface area contributed by atoms with Crippen molar-refractivity contribution in [2.24, 2.45) is 0 Å². The fourth-order valence-corrected chi connectivity index (χ4v) is 1.39. The molecule has 9 heteroatoms. The summed E-state index contributed by atoms with van der Waals surface area (Å²) in [5.74, 6) is -4.80. The summed E-state index contributed by atoms with van der Waals surface area (Å²) in [6.07, 6.45) is -0.778. The minimum Gasteiger partial charge on any atom is -0.743 e. The maximum absolute atomic E-state index is 12.7. The second-order valence-electron chi connectivity index (χ2n) is 3.13. The number of alkyl halides is 4. The third kappa shape index (κ3) is 4.48. The summed E-state index contributed by atoms with van der Waals surface area (Å²) in [5.41, 5.74) is 0. The topological polar surface area (TPSA) is 57.2 Å². The second kappa shape index (κ2) is 6.53. The summed E-state index contributed by atoms with van der Waals surface area (Å²) < 4.78 is 80.2. The van der Waals surface area contributed by atoms with Gasteiger partial charge in [0.2, 0.25) is 0 Å². The van der Waals surface area contributed by atoms with Gasteiger partial charge < -0.3 is 4.55 Å². The van der Waals surface area contributed by atoms with Crippen LogP contribution < -0.4 is 29.6 Å². The molecule has 0 aromatic carbocycles. The molecule has 16 heavy (non-hydrogen) atoms. The van der Waals surface area contributed by atoms with Gasteiger partial charge in [0.15, 0.2) is 10.1 Å². The van der Waals surface area contributed by atoms with Gasteiger partial charge in [0.05, 0.1) is 0 Å². The van der Waals surface area contributed by atoms with Gasteiger partial charge in [-0.15, -0.1) is 0 Å². The molecule has 0 unspecified atom stereocenters. The molecule has 0 amide bonds. The molecule has 92 valence electrons. The molecule has 0 rings (SSSR count). The van der Waals surface area contributed by atoms with Gasteiger partial charge in [0.25, 0.3) is 0 Å². The first-order chi connectivity index (χ1) is 6.56. The number of hydrogen-bond donors (Lipinski definition) is 0. The summed E-state index contributed by atoms with van der Waals surface area (Å²) in [6, 6.07) is 0. The fourth-order valence-electron chi connectivity index (χ4n) is 0.925. The van der Waals surface area contributed by atoms with Crippen molar-refractivity contribution >= 4 is 10.1 Å². The first-order valence-corrected chi connectivity index (χ1v) is 5.68. The molecule has 0 aromatic rings. The van der Waals surface area contributed by atoms with Gasteiger partial charge in [-0.3, -0.25) is 0 Å². The minimum absolute atomic E-state index is 0. The molecule has 0 aromatic heterocycles. The van der Waals surface area contributed by atoms with Crippen molar-refractivity contribution in [2.45, 2.75) is 43.8 Å². The molecule has 0 heterocycles. The van der Waals surface area contributed by atoms with Crippen LogP contribution in [0.5, 0.6) is 0 Å². The van der Waals surface area contributed by atoms with Crippen LogP contribution in [0.2, 0.25) is 0 Å². The molecule has 0 atom stereocenters. The van der Waals surface area contributed by atoms with Crippen LogP contribution in [-0.2, 0) is 10.1 Å². The minimum atomic E-state index is -6.33. The molecule has 0 bridgehead atoms. The molecule has 0 N–H and O–H groups in total. The molecule has 3 nitrogen and oxygen atoms in total. The van der Waals surface area contributed by atoms with E-state index in [4.69, 9.17) is 0 Å². The van der Waals surface area contributed by atoms with Crippen molar-refractivity contribution in [2.75, 3.05) is 0 Å². The number of unbranched alkanes of at least 4 members (excludes halogenated alkanes) is 2. The van der Waals surface area contributed by atoms with E-state index in [0.717, 1.165) is 0 Å². The maximum Gasteiger partial charge on any atom is 1.00 e. The van der Waals surface area contributed by atoms with Crippen molar-refractivity contribution in [3.63, 3.8) is 0 Å². The monoisotopic (exact) mass is 274 g/mol. The van der Waals surface area contributed by atoms with Crippen LogP contribution in [0, 0.1) is 0 Å². The Morgan fingerprint density at radius 3 is 1.88 bits per heavy atom. The van der Waals surface area contributed by atoms with E-state index in [1.807, 2.05) is 0 Å². The molecule has 0 spiro atoms. The normalized spacial score (nSPS) is 13.4. The first kappa shape index (κ1) is 19.0. The average Bonchev–Trinajstić information content (AvgIpc) is 2.02. The average molecular weight is 274 g/mol. The molecular weight excluding hydrogens is 263 g/mol. The van der Waals surface area contributed by atoms with Gasteiger partial charge in [0, 0.05) is 6.42 Å². The zero-order chi connectivity index (χ0) is 12.3. The maximum atomic E-state index is 12.7. The Hall–Kier alpha value is 0.630. The number of hydrogen-bond acceptors (Lipinski definition) is 3. The summed E-state index contributed by atoms with van der Waals surface area (Å²) in [7, 11) is -6.33. The molecular formula is C7H11F4NaO3S. The summed E-state index contributed by atoms with van der Waals surface area (Å²) in [4.78, 5) is 0. The summed E-state index contributed by atoms with van der Waals surface area (Å²) in [5, 5.41) is -5.53. The molecule has 0 fully saturated rings. The fraction of sp³-hybridized carbons (Fsp3) is 1.00. The van der Waals surface area contributed by atoms with Crippen LogP contribution in [0.25, 0.3) is 0 Å². The standard InChI is InChI=1S/C7H12F4O3S.Na/c1-2-3-4-5-6(8,9)7(10,11)15(12,13)14;/h2-5H2,1H3,(H,12,13,14);/q;+1/p-1. The van der Waals surface area contributed by atoms with Gasteiger partial charge in [0.1, 0.15) is 0 Å². The molecule has 0 saturated heterocycles. The quantitative estimate of drug-likeness (QED) is 0.280. The molecule has 0 saturated carbocycles. The van der Waals surface area contributed by atoms with Gasteiger partial charge >= 0.3 is 40.7 Å². The van der Waals surface area contributed by atoms with Crippen LogP contribution >= 0.6 is 0 Å². The Morgan fingerprint density at radius 1 is 1.12 bits per heavy atom. The smallest absolute Gasteiger partial charge is 0.743 e. The van der Waals surface area contributed by atoms with E-state index >= 15 is 0 Å². The van der Waals surface area contributed by atoms with E-state index in [1.165, 1.54) is 0 Å². The Labute approximate surface area is 114 Å². The third-order valence-electron chi connectivity index (χ3n) is 1.83. The predicted molar refractivity (Wildman–Crippen MR) is 43.7 cm³/mol. The molecule has 0 aliphatic carbocycles. The second-order valence-corrected chi connectivity index (χ2v) is 4.55. The van der Waals surface area contributed by atoms with Crippen LogP contribution in [0.4, 0.5) is 17.6 Å². The zero-order valence-electron chi connectivity index (χ0n) is 8.97. The third-order valence-corrected chi connectivity index (χ3v) is 2.76. The van der Waals surface area contributed by atoms with Gasteiger partial charge in [-0.2, -0.15) is 17.6 Å². The largest absolute Gasteiger partial charge is 1.00 e. The Balaban J connectivity index is 0.